The molecular weight excluding hydrogens is 272 g/mol. The normalized spacial score (nSPS) is 16.2. The third kappa shape index (κ3) is 2.50. The highest BCUT2D eigenvalue weighted by Gasteiger charge is 2.23. The highest BCUT2D eigenvalue weighted by molar-refractivity contribution is 7.20. The zero-order valence-electron chi connectivity index (χ0n) is 11.5. The number of thiophene rings is 1. The van der Waals surface area contributed by atoms with Crippen LogP contribution in [0, 0.1) is 0 Å². The maximum Gasteiger partial charge on any atom is 0.265 e. The van der Waals surface area contributed by atoms with Gasteiger partial charge in [-0.2, -0.15) is 0 Å². The summed E-state index contributed by atoms with van der Waals surface area (Å²) >= 11 is 1.40. The van der Waals surface area contributed by atoms with Gasteiger partial charge in [0.05, 0.1) is 12.5 Å². The number of carbonyl (C=O) groups excluding carboxylic acids is 1. The summed E-state index contributed by atoms with van der Waals surface area (Å²) in [5, 5.41) is 4.05. The molecule has 0 bridgehead atoms. The Kier molecular flexibility index (Phi) is 3.87. The summed E-state index contributed by atoms with van der Waals surface area (Å²) in [7, 11) is 1.60. The van der Waals surface area contributed by atoms with Gasteiger partial charge >= 0.3 is 0 Å². The Labute approximate surface area is 122 Å². The van der Waals surface area contributed by atoms with Crippen LogP contribution < -0.4 is 10.1 Å². The lowest BCUT2D eigenvalue weighted by Crippen LogP contribution is -2.35. The van der Waals surface area contributed by atoms with E-state index in [9.17, 15) is 4.79 Å². The van der Waals surface area contributed by atoms with E-state index in [1.165, 1.54) is 30.6 Å². The van der Waals surface area contributed by atoms with Gasteiger partial charge in [0.15, 0.2) is 5.75 Å². The molecule has 0 spiro atoms. The van der Waals surface area contributed by atoms with Gasteiger partial charge in [0.1, 0.15) is 9.71 Å². The summed E-state index contributed by atoms with van der Waals surface area (Å²) < 4.78 is 5.42. The van der Waals surface area contributed by atoms with Crippen molar-refractivity contribution in [2.24, 2.45) is 0 Å². The molecule has 0 radical (unpaired) electrons. The Hall–Kier alpha value is -1.62. The summed E-state index contributed by atoms with van der Waals surface area (Å²) in [5.41, 5.74) is 0. The fraction of sp³-hybridized carbons (Fsp3) is 0.467. The minimum atomic E-state index is -0.0308. The van der Waals surface area contributed by atoms with E-state index in [1.807, 2.05) is 12.1 Å². The first-order valence-corrected chi connectivity index (χ1v) is 7.83. The number of nitrogens with one attached hydrogen (secondary N) is 1. The first-order valence-electron chi connectivity index (χ1n) is 7.02. The van der Waals surface area contributed by atoms with Gasteiger partial charge in [0.2, 0.25) is 0 Å². The van der Waals surface area contributed by atoms with E-state index in [1.54, 1.807) is 13.3 Å². The monoisotopic (exact) mass is 290 g/mol. The van der Waals surface area contributed by atoms with Crippen molar-refractivity contribution in [3.63, 3.8) is 0 Å². The molecule has 106 valence electrons. The number of ether oxygens (including phenoxy) is 1. The molecule has 1 saturated carbocycles. The molecule has 2 aromatic rings. The lowest BCUT2D eigenvalue weighted by atomic mass is 9.95. The average Bonchev–Trinajstić information content (AvgIpc) is 2.87. The SMILES string of the molecule is COc1c(C(=O)NC2CCCCC2)sc2ncccc12. The minimum absolute atomic E-state index is 0.0308. The zero-order chi connectivity index (χ0) is 13.9. The number of pyridine rings is 1. The Morgan fingerprint density at radius 2 is 2.20 bits per heavy atom. The summed E-state index contributed by atoms with van der Waals surface area (Å²) in [4.78, 5) is 18.2. The number of carbonyl (C=O) groups is 1. The highest BCUT2D eigenvalue weighted by Crippen LogP contribution is 2.36. The van der Waals surface area contributed by atoms with Crippen LogP contribution >= 0.6 is 11.3 Å². The Morgan fingerprint density at radius 1 is 1.40 bits per heavy atom. The number of methoxy groups -OCH3 is 1. The van der Waals surface area contributed by atoms with Crippen LogP contribution in [0.1, 0.15) is 41.8 Å². The van der Waals surface area contributed by atoms with Crippen molar-refractivity contribution < 1.29 is 9.53 Å². The second kappa shape index (κ2) is 5.79. The molecule has 0 aliphatic heterocycles. The van der Waals surface area contributed by atoms with Gasteiger partial charge in [0, 0.05) is 12.2 Å². The largest absolute Gasteiger partial charge is 0.494 e. The number of aromatic nitrogens is 1. The molecule has 20 heavy (non-hydrogen) atoms. The Morgan fingerprint density at radius 3 is 2.95 bits per heavy atom. The third-order valence-corrected chi connectivity index (χ3v) is 4.87. The molecule has 5 heteroatoms. The van der Waals surface area contributed by atoms with Gasteiger partial charge in [-0.1, -0.05) is 19.3 Å². The van der Waals surface area contributed by atoms with Gasteiger partial charge < -0.3 is 10.1 Å². The first-order chi connectivity index (χ1) is 9.79. The van der Waals surface area contributed by atoms with Crippen molar-refractivity contribution in [3.05, 3.63) is 23.2 Å². The van der Waals surface area contributed by atoms with E-state index in [0.717, 1.165) is 23.1 Å². The van der Waals surface area contributed by atoms with E-state index < -0.39 is 0 Å². The van der Waals surface area contributed by atoms with E-state index in [2.05, 4.69) is 10.3 Å². The minimum Gasteiger partial charge on any atom is -0.494 e. The maximum absolute atomic E-state index is 12.5. The van der Waals surface area contributed by atoms with E-state index in [4.69, 9.17) is 4.74 Å². The molecule has 1 aliphatic carbocycles. The molecule has 2 heterocycles. The maximum atomic E-state index is 12.5. The van der Waals surface area contributed by atoms with E-state index in [-0.39, 0.29) is 5.91 Å². The van der Waals surface area contributed by atoms with Gasteiger partial charge in [-0.3, -0.25) is 4.79 Å². The van der Waals surface area contributed by atoms with Crippen LogP contribution in [0.3, 0.4) is 0 Å². The molecule has 0 aromatic carbocycles. The standard InChI is InChI=1S/C15H18N2O2S/c1-19-12-11-8-5-9-16-15(11)20-13(12)14(18)17-10-6-3-2-4-7-10/h5,8-10H,2-4,6-7H2,1H3,(H,17,18). The quantitative estimate of drug-likeness (QED) is 0.943. The van der Waals surface area contributed by atoms with Crippen molar-refractivity contribution in [2.45, 2.75) is 38.1 Å². The van der Waals surface area contributed by atoms with Gasteiger partial charge in [-0.05, 0) is 25.0 Å². The predicted octanol–water partition coefficient (Wildman–Crippen LogP) is 3.37. The lowest BCUT2D eigenvalue weighted by molar-refractivity contribution is 0.0929. The van der Waals surface area contributed by atoms with Gasteiger partial charge in [-0.25, -0.2) is 4.98 Å². The van der Waals surface area contributed by atoms with Gasteiger partial charge in [0.25, 0.3) is 5.91 Å². The van der Waals surface area contributed by atoms with Crippen LogP contribution in [-0.2, 0) is 0 Å². The van der Waals surface area contributed by atoms with Crippen molar-refractivity contribution in [1.29, 1.82) is 0 Å². The Bertz CT molecular complexity index is 617. The fourth-order valence-corrected chi connectivity index (χ4v) is 3.78. The molecule has 1 aliphatic rings. The molecule has 0 unspecified atom stereocenters. The number of rotatable bonds is 3. The van der Waals surface area contributed by atoms with Crippen LogP contribution in [0.5, 0.6) is 5.75 Å². The number of hydrogen-bond donors (Lipinski definition) is 1. The number of nitrogens with zero attached hydrogens (tertiary/aromatic N) is 1. The Balaban J connectivity index is 1.86. The smallest absolute Gasteiger partial charge is 0.265 e. The number of amides is 1. The third-order valence-electron chi connectivity index (χ3n) is 3.77. The fourth-order valence-electron chi connectivity index (χ4n) is 2.76. The van der Waals surface area contributed by atoms with Crippen LogP contribution in [0.25, 0.3) is 10.2 Å². The molecule has 3 rings (SSSR count). The topological polar surface area (TPSA) is 51.2 Å². The van der Waals surface area contributed by atoms with Crippen LogP contribution in [0.15, 0.2) is 18.3 Å². The molecule has 2 aromatic heterocycles. The lowest BCUT2D eigenvalue weighted by Gasteiger charge is -2.22. The molecule has 1 N–H and O–H groups in total. The van der Waals surface area contributed by atoms with E-state index in [0.29, 0.717) is 16.7 Å². The summed E-state index contributed by atoms with van der Waals surface area (Å²) in [5.74, 6) is 0.614. The molecular formula is C15H18N2O2S. The summed E-state index contributed by atoms with van der Waals surface area (Å²) in [6.07, 6.45) is 7.59. The van der Waals surface area contributed by atoms with E-state index >= 15 is 0 Å². The van der Waals surface area contributed by atoms with Gasteiger partial charge in [-0.15, -0.1) is 11.3 Å². The zero-order valence-corrected chi connectivity index (χ0v) is 12.3. The van der Waals surface area contributed by atoms with Crippen molar-refractivity contribution in [1.82, 2.24) is 10.3 Å². The molecule has 1 amide bonds. The highest BCUT2D eigenvalue weighted by atomic mass is 32.1. The number of hydrogen-bond acceptors (Lipinski definition) is 4. The molecule has 1 fully saturated rings. The predicted molar refractivity (Wildman–Crippen MR) is 80.5 cm³/mol. The average molecular weight is 290 g/mol. The van der Waals surface area contributed by atoms with Crippen molar-refractivity contribution in [3.8, 4) is 5.75 Å². The molecule has 0 saturated heterocycles. The van der Waals surface area contributed by atoms with Crippen LogP contribution in [0.2, 0.25) is 0 Å². The van der Waals surface area contributed by atoms with Crippen LogP contribution in [-0.4, -0.2) is 24.0 Å². The number of fused-ring (bicyclic) bond motifs is 1. The second-order valence-corrected chi connectivity index (χ2v) is 6.13. The van der Waals surface area contributed by atoms with Crippen LogP contribution in [0.4, 0.5) is 0 Å². The molecule has 4 nitrogen and oxygen atoms in total. The first kappa shape index (κ1) is 13.4. The summed E-state index contributed by atoms with van der Waals surface area (Å²) in [6.45, 7) is 0. The second-order valence-electron chi connectivity index (χ2n) is 5.13. The van der Waals surface area contributed by atoms with Crippen molar-refractivity contribution >= 4 is 27.5 Å². The molecule has 0 atom stereocenters. The summed E-state index contributed by atoms with van der Waals surface area (Å²) in [6, 6.07) is 4.11. The van der Waals surface area contributed by atoms with Crippen molar-refractivity contribution in [2.75, 3.05) is 7.11 Å².